The molecule has 1 aromatic heterocycles. The van der Waals surface area contributed by atoms with Gasteiger partial charge < -0.3 is 20.5 Å². The number of likely N-dealkylation sites (N-methyl/N-ethyl adjacent to an activating group) is 1. The number of H-pyrrole nitrogens is 1. The molecule has 1 aliphatic heterocycles. The molecule has 8 heteroatoms. The summed E-state index contributed by atoms with van der Waals surface area (Å²) in [5, 5.41) is 6.00. The number of nitrogens with zero attached hydrogens (tertiary/aromatic N) is 2. The summed E-state index contributed by atoms with van der Waals surface area (Å²) in [4.78, 5) is 32.3. The van der Waals surface area contributed by atoms with Gasteiger partial charge in [0.05, 0.1) is 6.33 Å². The van der Waals surface area contributed by atoms with Gasteiger partial charge in [0.15, 0.2) is 0 Å². The van der Waals surface area contributed by atoms with Gasteiger partial charge in [0.1, 0.15) is 15.4 Å². The van der Waals surface area contributed by atoms with Crippen molar-refractivity contribution in [2.75, 3.05) is 31.1 Å². The van der Waals surface area contributed by atoms with E-state index >= 15 is 0 Å². The quantitative estimate of drug-likeness (QED) is 0.606. The summed E-state index contributed by atoms with van der Waals surface area (Å²) in [5.41, 5.74) is -0.182. The van der Waals surface area contributed by atoms with Gasteiger partial charge in [-0.2, -0.15) is 0 Å². The maximum Gasteiger partial charge on any atom is 0.266 e. The van der Waals surface area contributed by atoms with E-state index in [0.717, 1.165) is 6.54 Å². The van der Waals surface area contributed by atoms with Crippen LogP contribution in [0.5, 0.6) is 0 Å². The number of hydrogen-bond donors (Lipinski definition) is 3. The Balaban J connectivity index is 2.31. The molecule has 1 saturated heterocycles. The van der Waals surface area contributed by atoms with Crippen LogP contribution < -0.4 is 21.1 Å². The maximum atomic E-state index is 12.1. The zero-order valence-corrected chi connectivity index (χ0v) is 12.7. The number of piperazine rings is 1. The monoisotopic (exact) mass is 377 g/mol. The van der Waals surface area contributed by atoms with Crippen LogP contribution in [0.4, 0.5) is 5.82 Å². The van der Waals surface area contributed by atoms with Crippen LogP contribution in [0.15, 0.2) is 11.1 Å². The molecule has 0 spiro atoms. The molecule has 1 aliphatic rings. The number of amides is 1. The molecule has 0 radical (unpaired) electrons. The lowest BCUT2D eigenvalue weighted by molar-refractivity contribution is -0.122. The fourth-order valence-corrected chi connectivity index (χ4v) is 2.66. The van der Waals surface area contributed by atoms with Crippen LogP contribution in [0.3, 0.4) is 0 Å². The van der Waals surface area contributed by atoms with E-state index in [9.17, 15) is 9.59 Å². The Morgan fingerprint density at radius 1 is 1.68 bits per heavy atom. The molecule has 0 saturated carbocycles. The van der Waals surface area contributed by atoms with Crippen molar-refractivity contribution in [3.8, 4) is 0 Å². The Hall–Kier alpha value is -1.16. The predicted molar refractivity (Wildman–Crippen MR) is 80.3 cm³/mol. The molecule has 1 atom stereocenters. The normalized spacial score (nSPS) is 19.3. The molecule has 1 unspecified atom stereocenters. The minimum absolute atomic E-state index is 0.0485. The van der Waals surface area contributed by atoms with Crippen LogP contribution in [0.2, 0.25) is 0 Å². The standard InChI is InChI=1S/C11H16IN5O2/c1-2-14-10(18)7-5-13-3-4-17(7)9-8(12)11(19)16-6-15-9/h6-7,13H,2-5H2,1H3,(H,14,18)(H,15,16,19). The molecule has 19 heavy (non-hydrogen) atoms. The van der Waals surface area contributed by atoms with Crippen molar-refractivity contribution in [2.24, 2.45) is 0 Å². The highest BCUT2D eigenvalue weighted by atomic mass is 127. The third kappa shape index (κ3) is 3.06. The number of carbonyl (C=O) groups excluding carboxylic acids is 1. The van der Waals surface area contributed by atoms with Crippen molar-refractivity contribution >= 4 is 34.3 Å². The number of nitrogens with one attached hydrogen (secondary N) is 3. The van der Waals surface area contributed by atoms with Gasteiger partial charge in [0.2, 0.25) is 5.91 Å². The lowest BCUT2D eigenvalue weighted by Crippen LogP contribution is -2.58. The Bertz CT molecular complexity index is 518. The number of hydrogen-bond acceptors (Lipinski definition) is 5. The smallest absolute Gasteiger partial charge is 0.266 e. The van der Waals surface area contributed by atoms with Crippen molar-refractivity contribution in [1.29, 1.82) is 0 Å². The Morgan fingerprint density at radius 2 is 2.47 bits per heavy atom. The average Bonchev–Trinajstić information content (AvgIpc) is 2.42. The van der Waals surface area contributed by atoms with E-state index in [1.165, 1.54) is 6.33 Å². The summed E-state index contributed by atoms with van der Waals surface area (Å²) in [5.74, 6) is 0.523. The molecule has 3 N–H and O–H groups in total. The molecule has 1 fully saturated rings. The first-order chi connectivity index (χ1) is 9.15. The van der Waals surface area contributed by atoms with Gasteiger partial charge in [0.25, 0.3) is 5.56 Å². The zero-order chi connectivity index (χ0) is 13.8. The highest BCUT2D eigenvalue weighted by Crippen LogP contribution is 2.19. The van der Waals surface area contributed by atoms with Gasteiger partial charge in [-0.1, -0.05) is 0 Å². The van der Waals surface area contributed by atoms with E-state index in [2.05, 4.69) is 20.6 Å². The van der Waals surface area contributed by atoms with Crippen LogP contribution in [0, 0.1) is 3.57 Å². The van der Waals surface area contributed by atoms with Crippen LogP contribution >= 0.6 is 22.6 Å². The van der Waals surface area contributed by atoms with Crippen molar-refractivity contribution in [3.63, 3.8) is 0 Å². The van der Waals surface area contributed by atoms with Gasteiger partial charge in [-0.05, 0) is 29.5 Å². The lowest BCUT2D eigenvalue weighted by Gasteiger charge is -2.36. The summed E-state index contributed by atoms with van der Waals surface area (Å²) >= 11 is 1.96. The van der Waals surface area contributed by atoms with E-state index in [0.29, 0.717) is 29.0 Å². The summed E-state index contributed by atoms with van der Waals surface area (Å²) < 4.78 is 0.510. The summed E-state index contributed by atoms with van der Waals surface area (Å²) in [6.45, 7) is 4.43. The Labute approximate surface area is 124 Å². The number of carbonyl (C=O) groups is 1. The molecule has 104 valence electrons. The first-order valence-corrected chi connectivity index (χ1v) is 7.21. The molecule has 1 amide bonds. The molecule has 2 heterocycles. The van der Waals surface area contributed by atoms with E-state index in [1.54, 1.807) is 0 Å². The van der Waals surface area contributed by atoms with Crippen LogP contribution in [0.25, 0.3) is 0 Å². The van der Waals surface area contributed by atoms with Gasteiger partial charge in [-0.3, -0.25) is 9.59 Å². The fraction of sp³-hybridized carbons (Fsp3) is 0.545. The van der Waals surface area contributed by atoms with Crippen LogP contribution in [-0.4, -0.2) is 48.1 Å². The number of rotatable bonds is 3. The molecule has 7 nitrogen and oxygen atoms in total. The summed E-state index contributed by atoms with van der Waals surface area (Å²) in [6.07, 6.45) is 1.37. The number of aromatic amines is 1. The second-order valence-corrected chi connectivity index (χ2v) is 5.26. The SMILES string of the molecule is CCNC(=O)C1CNCCN1c1nc[nH]c(=O)c1I. The number of halogens is 1. The maximum absolute atomic E-state index is 12.1. The van der Waals surface area contributed by atoms with Crippen molar-refractivity contribution in [3.05, 3.63) is 20.3 Å². The topological polar surface area (TPSA) is 90.1 Å². The molecular formula is C11H16IN5O2. The van der Waals surface area contributed by atoms with Gasteiger partial charge in [-0.15, -0.1) is 0 Å². The minimum atomic E-state index is -0.337. The second kappa shape index (κ2) is 6.33. The second-order valence-electron chi connectivity index (χ2n) is 4.18. The lowest BCUT2D eigenvalue weighted by atomic mass is 10.1. The summed E-state index contributed by atoms with van der Waals surface area (Å²) in [7, 11) is 0. The molecular weight excluding hydrogens is 361 g/mol. The average molecular weight is 377 g/mol. The predicted octanol–water partition coefficient (Wildman–Crippen LogP) is -0.711. The molecule has 0 aliphatic carbocycles. The molecule has 0 bridgehead atoms. The molecule has 2 rings (SSSR count). The van der Waals surface area contributed by atoms with Crippen molar-refractivity contribution in [2.45, 2.75) is 13.0 Å². The first-order valence-electron chi connectivity index (χ1n) is 6.13. The largest absolute Gasteiger partial charge is 0.355 e. The zero-order valence-electron chi connectivity index (χ0n) is 10.6. The van der Waals surface area contributed by atoms with Crippen LogP contribution in [-0.2, 0) is 4.79 Å². The van der Waals surface area contributed by atoms with Gasteiger partial charge in [-0.25, -0.2) is 4.98 Å². The van der Waals surface area contributed by atoms with Gasteiger partial charge >= 0.3 is 0 Å². The van der Waals surface area contributed by atoms with E-state index in [1.807, 2.05) is 34.4 Å². The van der Waals surface area contributed by atoms with E-state index in [4.69, 9.17) is 0 Å². The molecule has 0 aromatic carbocycles. The van der Waals surface area contributed by atoms with Crippen molar-refractivity contribution in [1.82, 2.24) is 20.6 Å². The number of anilines is 1. The highest BCUT2D eigenvalue weighted by Gasteiger charge is 2.30. The summed E-state index contributed by atoms with van der Waals surface area (Å²) in [6, 6.07) is -0.337. The Morgan fingerprint density at radius 3 is 3.21 bits per heavy atom. The number of aromatic nitrogens is 2. The van der Waals surface area contributed by atoms with Crippen LogP contribution in [0.1, 0.15) is 6.92 Å². The first kappa shape index (κ1) is 14.3. The Kier molecular flexibility index (Phi) is 4.75. The highest BCUT2D eigenvalue weighted by molar-refractivity contribution is 14.1. The van der Waals surface area contributed by atoms with E-state index < -0.39 is 0 Å². The fourth-order valence-electron chi connectivity index (χ4n) is 2.06. The van der Waals surface area contributed by atoms with Crippen molar-refractivity contribution < 1.29 is 4.79 Å². The third-order valence-corrected chi connectivity index (χ3v) is 3.92. The molecule has 1 aromatic rings. The third-order valence-electron chi connectivity index (χ3n) is 2.95. The van der Waals surface area contributed by atoms with Gasteiger partial charge in [0, 0.05) is 26.2 Å². The minimum Gasteiger partial charge on any atom is -0.355 e. The van der Waals surface area contributed by atoms with E-state index in [-0.39, 0.29) is 17.5 Å².